The maximum absolute atomic E-state index is 13.0. The number of epoxide rings is 1. The Morgan fingerprint density at radius 1 is 1.23 bits per heavy atom. The molecule has 0 aromatic heterocycles. The van der Waals surface area contributed by atoms with Crippen molar-refractivity contribution in [3.63, 3.8) is 0 Å². The average molecular weight is 414 g/mol. The maximum atomic E-state index is 13.0. The highest BCUT2D eigenvalue weighted by Gasteiger charge is 2.83. The summed E-state index contributed by atoms with van der Waals surface area (Å²) in [4.78, 5) is 37.5. The van der Waals surface area contributed by atoms with Crippen LogP contribution in [0.4, 0.5) is 0 Å². The summed E-state index contributed by atoms with van der Waals surface area (Å²) >= 11 is 0. The molecule has 30 heavy (non-hydrogen) atoms. The van der Waals surface area contributed by atoms with Crippen LogP contribution in [-0.2, 0) is 28.6 Å². The maximum Gasteiger partial charge on any atom is 0.309 e. The number of ether oxygens (including phenoxy) is 3. The summed E-state index contributed by atoms with van der Waals surface area (Å²) in [6.45, 7) is 4.72. The lowest BCUT2D eigenvalue weighted by atomic mass is 9.43. The second kappa shape index (κ2) is 5.63. The standard InChI is InChI=1S/C24H30O6/c1-21-6-4-14(25)8-13(21)9-16(20(27)28-3)19-17-5-7-23(10-15(26)12-29-23)22(17,2)11-18-24(19,21)30-18/h8,16-19H,4-7,9-12H2,1-3H3/t16-,17-,18+,19+,21+,22+,23-,24-/m1/s1. The third kappa shape index (κ3) is 1.97. The van der Waals surface area contributed by atoms with Crippen molar-refractivity contribution in [3.05, 3.63) is 11.6 Å². The smallest absolute Gasteiger partial charge is 0.309 e. The van der Waals surface area contributed by atoms with Crippen molar-refractivity contribution in [1.82, 2.24) is 0 Å². The summed E-state index contributed by atoms with van der Waals surface area (Å²) in [5.41, 5.74) is -0.175. The fourth-order valence-corrected chi connectivity index (χ4v) is 8.65. The van der Waals surface area contributed by atoms with Gasteiger partial charge >= 0.3 is 5.97 Å². The number of hydrogen-bond donors (Lipinski definition) is 0. The predicted molar refractivity (Wildman–Crippen MR) is 105 cm³/mol. The summed E-state index contributed by atoms with van der Waals surface area (Å²) in [6, 6.07) is 0. The molecule has 6 rings (SSSR count). The van der Waals surface area contributed by atoms with Crippen LogP contribution in [0.1, 0.15) is 58.8 Å². The van der Waals surface area contributed by atoms with E-state index in [-0.39, 0.29) is 58.8 Å². The lowest BCUT2D eigenvalue weighted by molar-refractivity contribution is -0.163. The Morgan fingerprint density at radius 3 is 2.73 bits per heavy atom. The van der Waals surface area contributed by atoms with Crippen molar-refractivity contribution in [2.75, 3.05) is 13.7 Å². The van der Waals surface area contributed by atoms with Gasteiger partial charge in [0.1, 0.15) is 12.2 Å². The molecule has 2 heterocycles. The van der Waals surface area contributed by atoms with E-state index in [1.54, 1.807) is 6.08 Å². The molecule has 0 bridgehead atoms. The third-order valence-corrected chi connectivity index (χ3v) is 10.2. The van der Waals surface area contributed by atoms with E-state index in [0.29, 0.717) is 19.3 Å². The van der Waals surface area contributed by atoms with E-state index in [1.165, 1.54) is 7.11 Å². The molecule has 0 radical (unpaired) electrons. The molecule has 6 nitrogen and oxygen atoms in total. The number of hydrogen-bond acceptors (Lipinski definition) is 6. The van der Waals surface area contributed by atoms with Crippen LogP contribution < -0.4 is 0 Å². The van der Waals surface area contributed by atoms with Gasteiger partial charge in [0, 0.05) is 29.6 Å². The SMILES string of the molecule is COC(=O)[C@@H]1CC2=CC(=O)CC[C@]2(C)[C@@]23O[C@H]2C[C@@]2(C)[C@H](CC[C@@]24CC(=O)CO4)[C@H]13. The minimum absolute atomic E-state index is 0.0303. The molecule has 0 amide bonds. The zero-order valence-corrected chi connectivity index (χ0v) is 18.0. The number of carbonyl (C=O) groups is 3. The molecule has 0 aromatic rings. The summed E-state index contributed by atoms with van der Waals surface area (Å²) in [7, 11) is 1.45. The van der Waals surface area contributed by atoms with Crippen molar-refractivity contribution in [3.8, 4) is 0 Å². The Morgan fingerprint density at radius 2 is 2.03 bits per heavy atom. The fourth-order valence-electron chi connectivity index (χ4n) is 8.65. The molecule has 6 heteroatoms. The van der Waals surface area contributed by atoms with Gasteiger partial charge in [-0.05, 0) is 44.1 Å². The summed E-state index contributed by atoms with van der Waals surface area (Å²) < 4.78 is 18.1. The highest BCUT2D eigenvalue weighted by atomic mass is 16.6. The first-order chi connectivity index (χ1) is 14.2. The van der Waals surface area contributed by atoms with Gasteiger partial charge in [-0.2, -0.15) is 0 Å². The number of ketones is 2. The van der Waals surface area contributed by atoms with Crippen molar-refractivity contribution >= 4 is 17.5 Å². The molecule has 0 unspecified atom stereocenters. The molecule has 3 saturated carbocycles. The number of rotatable bonds is 1. The van der Waals surface area contributed by atoms with Crippen LogP contribution in [0.2, 0.25) is 0 Å². The molecule has 162 valence electrons. The van der Waals surface area contributed by atoms with Crippen LogP contribution in [0, 0.1) is 28.6 Å². The Labute approximate surface area is 176 Å². The Balaban J connectivity index is 1.49. The number of fused-ring (bicyclic) bond motifs is 4. The minimum atomic E-state index is -0.424. The second-order valence-electron chi connectivity index (χ2n) is 11.0. The van der Waals surface area contributed by atoms with Gasteiger partial charge in [-0.1, -0.05) is 19.4 Å². The third-order valence-electron chi connectivity index (χ3n) is 10.2. The molecular weight excluding hydrogens is 384 g/mol. The summed E-state index contributed by atoms with van der Waals surface area (Å²) in [6.07, 6.45) is 6.84. The first-order valence-electron chi connectivity index (χ1n) is 11.4. The number of Topliss-reactive ketones (excluding diaryl/α,β-unsaturated/α-hetero) is 1. The molecule has 2 saturated heterocycles. The largest absolute Gasteiger partial charge is 0.469 e. The highest BCUT2D eigenvalue weighted by molar-refractivity contribution is 5.92. The van der Waals surface area contributed by atoms with Crippen LogP contribution in [0.5, 0.6) is 0 Å². The number of carbonyl (C=O) groups excluding carboxylic acids is 3. The van der Waals surface area contributed by atoms with Crippen LogP contribution in [0.15, 0.2) is 11.6 Å². The van der Waals surface area contributed by atoms with Crippen LogP contribution in [0.25, 0.3) is 0 Å². The van der Waals surface area contributed by atoms with Crippen LogP contribution >= 0.6 is 0 Å². The molecule has 6 aliphatic rings. The molecule has 5 fully saturated rings. The number of methoxy groups -OCH3 is 1. The van der Waals surface area contributed by atoms with Gasteiger partial charge in [-0.15, -0.1) is 0 Å². The first kappa shape index (κ1) is 19.2. The zero-order valence-electron chi connectivity index (χ0n) is 18.0. The monoisotopic (exact) mass is 414 g/mol. The Kier molecular flexibility index (Phi) is 3.60. The van der Waals surface area contributed by atoms with Gasteiger partial charge in [0.2, 0.25) is 0 Å². The second-order valence-corrected chi connectivity index (χ2v) is 11.0. The van der Waals surface area contributed by atoms with E-state index in [0.717, 1.165) is 31.3 Å². The Bertz CT molecular complexity index is 907. The normalized spacial score (nSPS) is 53.5. The van der Waals surface area contributed by atoms with E-state index in [2.05, 4.69) is 13.8 Å². The fraction of sp³-hybridized carbons (Fsp3) is 0.792. The summed E-state index contributed by atoms with van der Waals surface area (Å²) in [5.74, 6) is 0.0772. The average Bonchev–Trinajstić information content (AvgIpc) is 3.20. The van der Waals surface area contributed by atoms with Gasteiger partial charge in [0.05, 0.1) is 24.7 Å². The molecule has 4 aliphatic carbocycles. The van der Waals surface area contributed by atoms with Gasteiger partial charge in [-0.25, -0.2) is 0 Å². The molecule has 8 atom stereocenters. The van der Waals surface area contributed by atoms with Crippen LogP contribution in [-0.4, -0.2) is 48.6 Å². The minimum Gasteiger partial charge on any atom is -0.469 e. The zero-order chi connectivity index (χ0) is 21.1. The quantitative estimate of drug-likeness (QED) is 0.485. The Hall–Kier alpha value is -1.53. The molecule has 2 spiro atoms. The lowest BCUT2D eigenvalue weighted by Gasteiger charge is -2.58. The van der Waals surface area contributed by atoms with Crippen LogP contribution in [0.3, 0.4) is 0 Å². The number of esters is 1. The molecular formula is C24H30O6. The van der Waals surface area contributed by atoms with Crippen molar-refractivity contribution < 1.29 is 28.6 Å². The highest BCUT2D eigenvalue weighted by Crippen LogP contribution is 2.78. The lowest BCUT2D eigenvalue weighted by Crippen LogP contribution is -2.63. The van der Waals surface area contributed by atoms with Crippen molar-refractivity contribution in [2.24, 2.45) is 28.6 Å². The topological polar surface area (TPSA) is 82.2 Å². The van der Waals surface area contributed by atoms with Gasteiger partial charge in [0.25, 0.3) is 0 Å². The van der Waals surface area contributed by atoms with E-state index in [4.69, 9.17) is 14.2 Å². The van der Waals surface area contributed by atoms with E-state index >= 15 is 0 Å². The first-order valence-corrected chi connectivity index (χ1v) is 11.4. The summed E-state index contributed by atoms with van der Waals surface area (Å²) in [5, 5.41) is 0. The molecule has 2 aliphatic heterocycles. The predicted octanol–water partition coefficient (Wildman–Crippen LogP) is 2.78. The molecule has 0 N–H and O–H groups in total. The van der Waals surface area contributed by atoms with E-state index in [9.17, 15) is 14.4 Å². The van der Waals surface area contributed by atoms with Crippen molar-refractivity contribution in [2.45, 2.75) is 76.1 Å². The van der Waals surface area contributed by atoms with E-state index < -0.39 is 11.2 Å². The van der Waals surface area contributed by atoms with Crippen molar-refractivity contribution in [1.29, 1.82) is 0 Å². The van der Waals surface area contributed by atoms with Gasteiger partial charge in [0.15, 0.2) is 11.6 Å². The molecule has 0 aromatic carbocycles. The van der Waals surface area contributed by atoms with Gasteiger partial charge in [-0.3, -0.25) is 14.4 Å². The van der Waals surface area contributed by atoms with E-state index in [1.807, 2.05) is 0 Å². The van der Waals surface area contributed by atoms with Gasteiger partial charge < -0.3 is 14.2 Å².